The van der Waals surface area contributed by atoms with Gasteiger partial charge in [-0.1, -0.05) is 42.1 Å². The Hall–Kier alpha value is -1.75. The topological polar surface area (TPSA) is 64.7 Å². The Labute approximate surface area is 116 Å². The lowest BCUT2D eigenvalue weighted by Crippen LogP contribution is -2.22. The van der Waals surface area contributed by atoms with Crippen molar-refractivity contribution in [2.75, 3.05) is 6.61 Å². The molecule has 100 valence electrons. The van der Waals surface area contributed by atoms with Crippen LogP contribution in [0, 0.1) is 0 Å². The number of hydrogen-bond donors (Lipinski definition) is 1. The summed E-state index contributed by atoms with van der Waals surface area (Å²) in [4.78, 5) is 16.3. The van der Waals surface area contributed by atoms with Crippen molar-refractivity contribution in [1.82, 2.24) is 0 Å². The van der Waals surface area contributed by atoms with Crippen LogP contribution in [0.1, 0.15) is 24.7 Å². The summed E-state index contributed by atoms with van der Waals surface area (Å²) in [5.74, 6) is -0.322. The van der Waals surface area contributed by atoms with E-state index >= 15 is 0 Å². The number of thioether (sulfide) groups is 1. The van der Waals surface area contributed by atoms with Crippen LogP contribution in [-0.4, -0.2) is 17.7 Å². The first-order chi connectivity index (χ1) is 9.13. The molecule has 2 rings (SSSR count). The van der Waals surface area contributed by atoms with Gasteiger partial charge in [-0.2, -0.15) is 0 Å². The van der Waals surface area contributed by atoms with Crippen molar-refractivity contribution in [2.24, 2.45) is 10.7 Å². The Kier molecular flexibility index (Phi) is 4.27. The van der Waals surface area contributed by atoms with Gasteiger partial charge < -0.3 is 10.5 Å². The van der Waals surface area contributed by atoms with Gasteiger partial charge in [0.2, 0.25) is 0 Å². The molecule has 0 amide bonds. The molecule has 1 unspecified atom stereocenters. The highest BCUT2D eigenvalue weighted by atomic mass is 32.2. The van der Waals surface area contributed by atoms with E-state index in [1.165, 1.54) is 11.8 Å². The molecular formula is C14H16N2O2S. The lowest BCUT2D eigenvalue weighted by Gasteiger charge is -2.23. The molecule has 2 N–H and O–H groups in total. The summed E-state index contributed by atoms with van der Waals surface area (Å²) < 4.78 is 5.12. The lowest BCUT2D eigenvalue weighted by molar-refractivity contribution is -0.138. The van der Waals surface area contributed by atoms with Gasteiger partial charge in [-0.3, -0.25) is 0 Å². The predicted octanol–water partition coefficient (Wildman–Crippen LogP) is 2.63. The van der Waals surface area contributed by atoms with Crippen molar-refractivity contribution in [3.8, 4) is 0 Å². The fraction of sp³-hybridized carbons (Fsp3) is 0.286. The van der Waals surface area contributed by atoms with Gasteiger partial charge in [-0.05, 0) is 19.4 Å². The van der Waals surface area contributed by atoms with E-state index in [4.69, 9.17) is 10.5 Å². The van der Waals surface area contributed by atoms with Crippen LogP contribution in [0.15, 0.2) is 46.6 Å². The van der Waals surface area contributed by atoms with Gasteiger partial charge in [-0.25, -0.2) is 9.79 Å². The molecule has 0 aromatic heterocycles. The number of nitrogens with zero attached hydrogens (tertiary/aromatic N) is 1. The minimum absolute atomic E-state index is 0.155. The maximum atomic E-state index is 12.1. The number of aliphatic imine (C=N–C) groups is 1. The molecular weight excluding hydrogens is 260 g/mol. The number of carbonyl (C=O) groups is 1. The van der Waals surface area contributed by atoms with Crippen LogP contribution in [0.5, 0.6) is 0 Å². The van der Waals surface area contributed by atoms with Crippen LogP contribution in [0.2, 0.25) is 0 Å². The molecule has 1 heterocycles. The molecule has 1 aromatic carbocycles. The van der Waals surface area contributed by atoms with Crippen molar-refractivity contribution >= 4 is 22.9 Å². The molecule has 5 heteroatoms. The summed E-state index contributed by atoms with van der Waals surface area (Å²) in [6, 6.07) is 9.77. The highest BCUT2D eigenvalue weighted by molar-refractivity contribution is 8.14. The number of amidine groups is 1. The average Bonchev–Trinajstić information content (AvgIpc) is 2.39. The fourth-order valence-electron chi connectivity index (χ4n) is 1.95. The van der Waals surface area contributed by atoms with Crippen molar-refractivity contribution in [3.63, 3.8) is 0 Å². The number of hydrogen-bond acceptors (Lipinski definition) is 5. The third kappa shape index (κ3) is 2.98. The van der Waals surface area contributed by atoms with Crippen LogP contribution in [0.3, 0.4) is 0 Å². The number of benzene rings is 1. The summed E-state index contributed by atoms with van der Waals surface area (Å²) >= 11 is 1.37. The summed E-state index contributed by atoms with van der Waals surface area (Å²) in [6.45, 7) is 3.93. The van der Waals surface area contributed by atoms with E-state index in [1.807, 2.05) is 30.3 Å². The van der Waals surface area contributed by atoms with E-state index < -0.39 is 0 Å². The first-order valence-corrected chi connectivity index (χ1v) is 6.95. The van der Waals surface area contributed by atoms with Gasteiger partial charge in [0.1, 0.15) is 0 Å². The number of rotatable bonds is 3. The SMILES string of the molecule is CCOC(=O)C1=C(C)N=C(N)SC1c1ccccc1. The highest BCUT2D eigenvalue weighted by Gasteiger charge is 2.30. The van der Waals surface area contributed by atoms with Crippen molar-refractivity contribution in [3.05, 3.63) is 47.2 Å². The molecule has 19 heavy (non-hydrogen) atoms. The van der Waals surface area contributed by atoms with E-state index in [0.717, 1.165) is 5.56 Å². The van der Waals surface area contributed by atoms with Crippen LogP contribution < -0.4 is 5.73 Å². The zero-order valence-electron chi connectivity index (χ0n) is 10.9. The Morgan fingerprint density at radius 3 is 2.74 bits per heavy atom. The Morgan fingerprint density at radius 2 is 2.11 bits per heavy atom. The van der Waals surface area contributed by atoms with E-state index in [-0.39, 0.29) is 11.2 Å². The molecule has 1 aliphatic rings. The summed E-state index contributed by atoms with van der Waals surface area (Å²) in [6.07, 6.45) is 0. The molecule has 0 aliphatic carbocycles. The molecule has 0 spiro atoms. The molecule has 1 atom stereocenters. The fourth-order valence-corrected chi connectivity index (χ4v) is 3.06. The van der Waals surface area contributed by atoms with Crippen LogP contribution >= 0.6 is 11.8 Å². The molecule has 4 nitrogen and oxygen atoms in total. The van der Waals surface area contributed by atoms with E-state index in [1.54, 1.807) is 13.8 Å². The number of carbonyl (C=O) groups excluding carboxylic acids is 1. The van der Waals surface area contributed by atoms with Crippen LogP contribution in [-0.2, 0) is 9.53 Å². The number of ether oxygens (including phenoxy) is 1. The summed E-state index contributed by atoms with van der Waals surface area (Å²) in [7, 11) is 0. The zero-order valence-corrected chi connectivity index (χ0v) is 11.7. The monoisotopic (exact) mass is 276 g/mol. The third-order valence-corrected chi connectivity index (χ3v) is 3.84. The summed E-state index contributed by atoms with van der Waals surface area (Å²) in [5.41, 5.74) is 8.04. The number of allylic oxidation sites excluding steroid dienone is 1. The van der Waals surface area contributed by atoms with E-state index in [9.17, 15) is 4.79 Å². The molecule has 1 aromatic rings. The normalized spacial score (nSPS) is 19.1. The van der Waals surface area contributed by atoms with Crippen molar-refractivity contribution < 1.29 is 9.53 Å². The maximum Gasteiger partial charge on any atom is 0.337 e. The molecule has 0 fully saturated rings. The Morgan fingerprint density at radius 1 is 1.42 bits per heavy atom. The highest BCUT2D eigenvalue weighted by Crippen LogP contribution is 2.41. The zero-order chi connectivity index (χ0) is 13.8. The standard InChI is InChI=1S/C14H16N2O2S/c1-3-18-13(17)11-9(2)16-14(15)19-12(11)10-7-5-4-6-8-10/h4-8,12H,3H2,1-2H3,(H2,15,16). The van der Waals surface area contributed by atoms with Gasteiger partial charge in [0.25, 0.3) is 0 Å². The van der Waals surface area contributed by atoms with E-state index in [0.29, 0.717) is 23.0 Å². The molecule has 0 saturated heterocycles. The molecule has 0 saturated carbocycles. The Bertz CT molecular complexity index is 538. The predicted molar refractivity (Wildman–Crippen MR) is 77.7 cm³/mol. The van der Waals surface area contributed by atoms with Crippen molar-refractivity contribution in [2.45, 2.75) is 19.1 Å². The first-order valence-electron chi connectivity index (χ1n) is 6.07. The minimum Gasteiger partial charge on any atom is -0.463 e. The van der Waals surface area contributed by atoms with Gasteiger partial charge in [0.05, 0.1) is 23.1 Å². The van der Waals surface area contributed by atoms with Gasteiger partial charge in [0, 0.05) is 0 Å². The lowest BCUT2D eigenvalue weighted by atomic mass is 10.0. The summed E-state index contributed by atoms with van der Waals surface area (Å²) in [5, 5.41) is 0.317. The third-order valence-electron chi connectivity index (χ3n) is 2.77. The molecule has 1 aliphatic heterocycles. The second-order valence-electron chi connectivity index (χ2n) is 4.08. The molecule has 0 bridgehead atoms. The Balaban J connectivity index is 2.42. The van der Waals surface area contributed by atoms with Gasteiger partial charge >= 0.3 is 5.97 Å². The average molecular weight is 276 g/mol. The van der Waals surface area contributed by atoms with Crippen LogP contribution in [0.25, 0.3) is 0 Å². The van der Waals surface area contributed by atoms with Gasteiger partial charge in [-0.15, -0.1) is 0 Å². The second kappa shape index (κ2) is 5.93. The van der Waals surface area contributed by atoms with Crippen molar-refractivity contribution in [1.29, 1.82) is 0 Å². The molecule has 0 radical (unpaired) electrons. The number of nitrogens with two attached hydrogens (primary N) is 1. The quantitative estimate of drug-likeness (QED) is 0.862. The van der Waals surface area contributed by atoms with Gasteiger partial charge in [0.15, 0.2) is 5.17 Å². The van der Waals surface area contributed by atoms with E-state index in [2.05, 4.69) is 4.99 Å². The largest absolute Gasteiger partial charge is 0.463 e. The van der Waals surface area contributed by atoms with Crippen LogP contribution in [0.4, 0.5) is 0 Å². The maximum absolute atomic E-state index is 12.1. The minimum atomic E-state index is -0.322. The number of esters is 1. The smallest absolute Gasteiger partial charge is 0.337 e. The second-order valence-corrected chi connectivity index (χ2v) is 5.20. The first kappa shape index (κ1) is 13.7.